The summed E-state index contributed by atoms with van der Waals surface area (Å²) in [5.41, 5.74) is 0.812. The standard InChI is InChI=1S/C17H21N3O4/c1-22-13-5-2-4-12(10-13)17-19-16(24-20-17)8-7-15(21)18-11-14-6-3-9-23-14/h2,4-5,10,14H,3,6-9,11H2,1H3,(H,18,21)/t14-/m0/s1. The van der Waals surface area contributed by atoms with Crippen LogP contribution in [0.4, 0.5) is 0 Å². The summed E-state index contributed by atoms with van der Waals surface area (Å²) in [5.74, 6) is 1.63. The Bertz CT molecular complexity index is 680. The lowest BCUT2D eigenvalue weighted by Crippen LogP contribution is -2.31. The van der Waals surface area contributed by atoms with E-state index in [2.05, 4.69) is 15.5 Å². The lowest BCUT2D eigenvalue weighted by atomic mass is 10.2. The zero-order chi connectivity index (χ0) is 16.8. The smallest absolute Gasteiger partial charge is 0.227 e. The second kappa shape index (κ2) is 7.92. The number of carbonyl (C=O) groups is 1. The predicted octanol–water partition coefficient (Wildman–Crippen LogP) is 1.97. The first-order valence-electron chi connectivity index (χ1n) is 8.10. The summed E-state index contributed by atoms with van der Waals surface area (Å²) in [7, 11) is 1.61. The van der Waals surface area contributed by atoms with Gasteiger partial charge in [0.15, 0.2) is 0 Å². The van der Waals surface area contributed by atoms with Gasteiger partial charge in [-0.3, -0.25) is 4.79 Å². The van der Waals surface area contributed by atoms with Crippen molar-refractivity contribution in [3.05, 3.63) is 30.2 Å². The molecule has 0 saturated carbocycles. The molecule has 2 heterocycles. The van der Waals surface area contributed by atoms with Gasteiger partial charge >= 0.3 is 0 Å². The molecule has 1 aliphatic rings. The van der Waals surface area contributed by atoms with Crippen molar-refractivity contribution < 1.29 is 18.8 Å². The van der Waals surface area contributed by atoms with E-state index in [-0.39, 0.29) is 12.0 Å². The molecule has 1 atom stereocenters. The van der Waals surface area contributed by atoms with Crippen LogP contribution in [0.15, 0.2) is 28.8 Å². The molecule has 1 aromatic carbocycles. The Morgan fingerprint density at radius 1 is 1.46 bits per heavy atom. The van der Waals surface area contributed by atoms with Crippen LogP contribution in [0.2, 0.25) is 0 Å². The number of aryl methyl sites for hydroxylation is 1. The summed E-state index contributed by atoms with van der Waals surface area (Å²) < 4.78 is 15.9. The summed E-state index contributed by atoms with van der Waals surface area (Å²) in [6.07, 6.45) is 2.95. The molecule has 0 aliphatic carbocycles. The normalized spacial score (nSPS) is 17.0. The summed E-state index contributed by atoms with van der Waals surface area (Å²) in [6.45, 7) is 1.35. The van der Waals surface area contributed by atoms with E-state index in [4.69, 9.17) is 14.0 Å². The summed E-state index contributed by atoms with van der Waals surface area (Å²) in [5, 5.41) is 6.83. The van der Waals surface area contributed by atoms with Gasteiger partial charge < -0.3 is 19.3 Å². The molecule has 7 nitrogen and oxygen atoms in total. The maximum atomic E-state index is 11.9. The number of hydrogen-bond donors (Lipinski definition) is 1. The number of rotatable bonds is 7. The summed E-state index contributed by atoms with van der Waals surface area (Å²) in [4.78, 5) is 16.2. The van der Waals surface area contributed by atoms with E-state index in [0.29, 0.717) is 31.1 Å². The fourth-order valence-electron chi connectivity index (χ4n) is 2.58. The molecule has 24 heavy (non-hydrogen) atoms. The van der Waals surface area contributed by atoms with E-state index >= 15 is 0 Å². The van der Waals surface area contributed by atoms with Crippen molar-refractivity contribution >= 4 is 5.91 Å². The highest BCUT2D eigenvalue weighted by Gasteiger charge is 2.16. The maximum absolute atomic E-state index is 11.9. The van der Waals surface area contributed by atoms with E-state index in [9.17, 15) is 4.79 Å². The molecule has 1 aromatic heterocycles. The van der Waals surface area contributed by atoms with E-state index in [1.807, 2.05) is 24.3 Å². The van der Waals surface area contributed by atoms with Crippen molar-refractivity contribution in [3.63, 3.8) is 0 Å². The maximum Gasteiger partial charge on any atom is 0.227 e. The van der Waals surface area contributed by atoms with Crippen LogP contribution in [0.3, 0.4) is 0 Å². The molecule has 1 N–H and O–H groups in total. The lowest BCUT2D eigenvalue weighted by molar-refractivity contribution is -0.121. The number of ether oxygens (including phenoxy) is 2. The fourth-order valence-corrected chi connectivity index (χ4v) is 2.58. The molecule has 1 saturated heterocycles. The number of benzene rings is 1. The second-order valence-electron chi connectivity index (χ2n) is 5.68. The zero-order valence-electron chi connectivity index (χ0n) is 13.7. The van der Waals surface area contributed by atoms with E-state index in [0.717, 1.165) is 30.8 Å². The third-order valence-corrected chi connectivity index (χ3v) is 3.91. The zero-order valence-corrected chi connectivity index (χ0v) is 13.7. The molecular formula is C17H21N3O4. The van der Waals surface area contributed by atoms with E-state index < -0.39 is 0 Å². The van der Waals surface area contributed by atoms with Crippen molar-refractivity contribution in [1.82, 2.24) is 15.5 Å². The van der Waals surface area contributed by atoms with Gasteiger partial charge in [0.2, 0.25) is 17.6 Å². The van der Waals surface area contributed by atoms with Crippen LogP contribution >= 0.6 is 0 Å². The predicted molar refractivity (Wildman–Crippen MR) is 86.6 cm³/mol. The Hall–Kier alpha value is -2.41. The first kappa shape index (κ1) is 16.4. The quantitative estimate of drug-likeness (QED) is 0.835. The van der Waals surface area contributed by atoms with Gasteiger partial charge in [-0.2, -0.15) is 4.98 Å². The van der Waals surface area contributed by atoms with Crippen molar-refractivity contribution in [2.75, 3.05) is 20.3 Å². The third-order valence-electron chi connectivity index (χ3n) is 3.91. The third kappa shape index (κ3) is 4.32. The average molecular weight is 331 g/mol. The Kier molecular flexibility index (Phi) is 5.43. The molecule has 3 rings (SSSR count). The number of nitrogens with one attached hydrogen (secondary N) is 1. The highest BCUT2D eigenvalue weighted by atomic mass is 16.5. The first-order chi connectivity index (χ1) is 11.7. The summed E-state index contributed by atoms with van der Waals surface area (Å²) >= 11 is 0. The Morgan fingerprint density at radius 3 is 3.17 bits per heavy atom. The van der Waals surface area contributed by atoms with Crippen LogP contribution in [0.5, 0.6) is 5.75 Å². The highest BCUT2D eigenvalue weighted by molar-refractivity contribution is 5.76. The van der Waals surface area contributed by atoms with Crippen LogP contribution in [0.25, 0.3) is 11.4 Å². The van der Waals surface area contributed by atoms with Gasteiger partial charge in [0.25, 0.3) is 0 Å². The first-order valence-corrected chi connectivity index (χ1v) is 8.10. The topological polar surface area (TPSA) is 86.5 Å². The van der Waals surface area contributed by atoms with E-state index in [1.165, 1.54) is 0 Å². The van der Waals surface area contributed by atoms with Gasteiger partial charge in [0.1, 0.15) is 5.75 Å². The monoisotopic (exact) mass is 331 g/mol. The number of aromatic nitrogens is 2. The molecule has 1 amide bonds. The lowest BCUT2D eigenvalue weighted by Gasteiger charge is -2.09. The minimum atomic E-state index is -0.0355. The van der Waals surface area contributed by atoms with Crippen molar-refractivity contribution in [2.24, 2.45) is 0 Å². The highest BCUT2D eigenvalue weighted by Crippen LogP contribution is 2.21. The van der Waals surface area contributed by atoms with Crippen molar-refractivity contribution in [3.8, 4) is 17.1 Å². The SMILES string of the molecule is COc1cccc(-c2noc(CCC(=O)NC[C@@H]3CCCO3)n2)c1. The van der Waals surface area contributed by atoms with Crippen LogP contribution in [0.1, 0.15) is 25.2 Å². The van der Waals surface area contributed by atoms with Gasteiger partial charge in [-0.1, -0.05) is 17.3 Å². The molecule has 0 bridgehead atoms. The Labute approximate surface area is 140 Å². The molecule has 2 aromatic rings. The molecule has 0 unspecified atom stereocenters. The molecule has 128 valence electrons. The molecule has 1 aliphatic heterocycles. The number of hydrogen-bond acceptors (Lipinski definition) is 6. The van der Waals surface area contributed by atoms with Crippen LogP contribution < -0.4 is 10.1 Å². The Morgan fingerprint density at radius 2 is 2.38 bits per heavy atom. The van der Waals surface area contributed by atoms with Gasteiger partial charge in [0.05, 0.1) is 13.2 Å². The molecule has 0 radical (unpaired) electrons. The van der Waals surface area contributed by atoms with Gasteiger partial charge in [0, 0.05) is 31.6 Å². The van der Waals surface area contributed by atoms with E-state index in [1.54, 1.807) is 7.11 Å². The minimum absolute atomic E-state index is 0.0355. The fraction of sp³-hybridized carbons (Fsp3) is 0.471. The van der Waals surface area contributed by atoms with Crippen molar-refractivity contribution in [1.29, 1.82) is 0 Å². The van der Waals surface area contributed by atoms with Crippen LogP contribution in [0, 0.1) is 0 Å². The van der Waals surface area contributed by atoms with Crippen molar-refractivity contribution in [2.45, 2.75) is 31.8 Å². The largest absolute Gasteiger partial charge is 0.497 e. The van der Waals surface area contributed by atoms with Crippen LogP contribution in [-0.4, -0.2) is 42.4 Å². The number of amides is 1. The minimum Gasteiger partial charge on any atom is -0.497 e. The molecular weight excluding hydrogens is 310 g/mol. The van der Waals surface area contributed by atoms with Crippen LogP contribution in [-0.2, 0) is 16.0 Å². The second-order valence-corrected chi connectivity index (χ2v) is 5.68. The van der Waals surface area contributed by atoms with Gasteiger partial charge in [-0.25, -0.2) is 0 Å². The number of nitrogens with zero attached hydrogens (tertiary/aromatic N) is 2. The molecule has 1 fully saturated rings. The number of methoxy groups -OCH3 is 1. The Balaban J connectivity index is 1.49. The molecule has 7 heteroatoms. The number of carbonyl (C=O) groups excluding carboxylic acids is 1. The molecule has 0 spiro atoms. The summed E-state index contributed by atoms with van der Waals surface area (Å²) in [6, 6.07) is 7.43. The van der Waals surface area contributed by atoms with Gasteiger partial charge in [-0.15, -0.1) is 0 Å². The average Bonchev–Trinajstić information content (AvgIpc) is 3.30. The van der Waals surface area contributed by atoms with Gasteiger partial charge in [-0.05, 0) is 25.0 Å².